The second-order valence-electron chi connectivity index (χ2n) is 8.30. The maximum absolute atomic E-state index is 11.4. The van der Waals surface area contributed by atoms with Gasteiger partial charge in [0.2, 0.25) is 21.1 Å². The minimum absolute atomic E-state index is 0.0356. The summed E-state index contributed by atoms with van der Waals surface area (Å²) in [6, 6.07) is 6.23. The number of nitrogens with one attached hydrogen (secondary N) is 1. The third-order valence-corrected chi connectivity index (χ3v) is 6.97. The number of sulfonamides is 1. The number of nitrogens with zero attached hydrogens (tertiary/aromatic N) is 8. The molecular weight excluding hydrogens is 528 g/mol. The van der Waals surface area contributed by atoms with Gasteiger partial charge in [-0.3, -0.25) is 4.57 Å². The van der Waals surface area contributed by atoms with Crippen molar-refractivity contribution in [3.63, 3.8) is 0 Å². The number of aliphatic hydroxyl groups excluding tert-OH is 2. The molecule has 1 aliphatic heterocycles. The van der Waals surface area contributed by atoms with E-state index in [-0.39, 0.29) is 21.7 Å². The molecule has 0 bridgehead atoms. The van der Waals surface area contributed by atoms with Gasteiger partial charge in [0.25, 0.3) is 0 Å². The number of tetrazole rings is 1. The molecule has 4 atom stereocenters. The molecular formula is C20H23ClN10O5S. The van der Waals surface area contributed by atoms with Crippen LogP contribution in [0.4, 0.5) is 5.82 Å². The Kier molecular flexibility index (Phi) is 6.78. The van der Waals surface area contributed by atoms with Crippen LogP contribution >= 0.6 is 11.6 Å². The molecule has 4 aromatic rings. The van der Waals surface area contributed by atoms with Crippen LogP contribution in [0, 0.1) is 0 Å². The Balaban J connectivity index is 1.34. The standard InChI is InChI=1S/C20H23ClN10O5S/c1-2-31-28-17(27-29-31)15-13(32)14(33)19(36-15)30-9-24-12-16(25-20(21)26-18(12)30)23-8-7-10-3-5-11(6-4-10)37(22,34)35/h3-6,9,13-15,19,32-33H,2,7-8H2,1H3,(H2,22,34,35)(H,23,25,26)/t13-,14+,15-,19+/m0/s1. The van der Waals surface area contributed by atoms with Gasteiger partial charge in [0.1, 0.15) is 12.2 Å². The van der Waals surface area contributed by atoms with Crippen molar-refractivity contribution in [2.75, 3.05) is 11.9 Å². The highest BCUT2D eigenvalue weighted by molar-refractivity contribution is 7.89. The zero-order valence-electron chi connectivity index (χ0n) is 19.4. The number of primary sulfonamides is 1. The van der Waals surface area contributed by atoms with Crippen LogP contribution in [0.25, 0.3) is 11.2 Å². The SMILES string of the molecule is CCn1nnc([C@H]2O[C@@H](n3cnc4c(NCCc5ccc(S(N)(=O)=O)cc5)nc(Cl)nc43)[C@H](O)[C@@H]2O)n1. The number of fused-ring (bicyclic) bond motifs is 1. The summed E-state index contributed by atoms with van der Waals surface area (Å²) < 4.78 is 30.2. The zero-order chi connectivity index (χ0) is 26.3. The normalized spacial score (nSPS) is 22.1. The van der Waals surface area contributed by atoms with Gasteiger partial charge in [-0.05, 0) is 47.9 Å². The van der Waals surface area contributed by atoms with Gasteiger partial charge < -0.3 is 20.3 Å². The number of nitrogens with two attached hydrogens (primary N) is 1. The number of aryl methyl sites for hydroxylation is 1. The molecule has 15 nitrogen and oxygen atoms in total. The number of benzene rings is 1. The average molecular weight is 551 g/mol. The van der Waals surface area contributed by atoms with E-state index in [2.05, 4.69) is 35.7 Å². The van der Waals surface area contributed by atoms with Crippen LogP contribution in [0.2, 0.25) is 5.28 Å². The van der Waals surface area contributed by atoms with E-state index in [1.807, 2.05) is 6.92 Å². The van der Waals surface area contributed by atoms with Crippen molar-refractivity contribution in [3.05, 3.63) is 47.3 Å². The number of imidazole rings is 1. The van der Waals surface area contributed by atoms with E-state index >= 15 is 0 Å². The topological polar surface area (TPSA) is 209 Å². The maximum atomic E-state index is 11.4. The van der Waals surface area contributed by atoms with Crippen LogP contribution < -0.4 is 10.5 Å². The lowest BCUT2D eigenvalue weighted by Crippen LogP contribution is -2.29. The fourth-order valence-electron chi connectivity index (χ4n) is 3.98. The van der Waals surface area contributed by atoms with Gasteiger partial charge in [-0.1, -0.05) is 12.1 Å². The van der Waals surface area contributed by atoms with E-state index < -0.39 is 34.6 Å². The number of halogens is 1. The number of ether oxygens (including phenoxy) is 1. The summed E-state index contributed by atoms with van der Waals surface area (Å²) in [5, 5.41) is 41.5. The zero-order valence-corrected chi connectivity index (χ0v) is 21.0. The molecule has 4 heterocycles. The Morgan fingerprint density at radius 1 is 1.19 bits per heavy atom. The Hall–Kier alpha value is -3.28. The molecule has 0 spiro atoms. The van der Waals surface area contributed by atoms with Crippen LogP contribution in [-0.4, -0.2) is 77.1 Å². The van der Waals surface area contributed by atoms with E-state index in [0.717, 1.165) is 5.56 Å². The fraction of sp³-hybridized carbons (Fsp3) is 0.400. The van der Waals surface area contributed by atoms with Gasteiger partial charge in [-0.2, -0.15) is 14.8 Å². The van der Waals surface area contributed by atoms with Gasteiger partial charge >= 0.3 is 0 Å². The molecule has 5 rings (SSSR count). The van der Waals surface area contributed by atoms with Crippen molar-refractivity contribution in [2.24, 2.45) is 5.14 Å². The third-order valence-electron chi connectivity index (χ3n) is 5.87. The summed E-state index contributed by atoms with van der Waals surface area (Å²) in [6.45, 7) is 2.75. The quantitative estimate of drug-likeness (QED) is 0.210. The van der Waals surface area contributed by atoms with Gasteiger partial charge in [0.15, 0.2) is 29.3 Å². The predicted molar refractivity (Wildman–Crippen MR) is 129 cm³/mol. The summed E-state index contributed by atoms with van der Waals surface area (Å²) >= 11 is 6.17. The minimum Gasteiger partial charge on any atom is -0.387 e. The Labute approximate surface area is 215 Å². The Bertz CT molecular complexity index is 1530. The molecule has 196 valence electrons. The predicted octanol–water partition coefficient (Wildman–Crippen LogP) is -0.220. The van der Waals surface area contributed by atoms with Crippen LogP contribution in [-0.2, 0) is 27.7 Å². The molecule has 0 unspecified atom stereocenters. The first kappa shape index (κ1) is 25.4. The highest BCUT2D eigenvalue weighted by Gasteiger charge is 2.47. The Morgan fingerprint density at radius 2 is 1.95 bits per heavy atom. The monoisotopic (exact) mass is 550 g/mol. The minimum atomic E-state index is -3.76. The van der Waals surface area contributed by atoms with Gasteiger partial charge in [-0.15, -0.1) is 10.2 Å². The second kappa shape index (κ2) is 9.88. The van der Waals surface area contributed by atoms with Gasteiger partial charge in [0.05, 0.1) is 17.8 Å². The lowest BCUT2D eigenvalue weighted by Gasteiger charge is -2.16. The van der Waals surface area contributed by atoms with E-state index in [1.165, 1.54) is 27.8 Å². The van der Waals surface area contributed by atoms with E-state index in [4.69, 9.17) is 21.5 Å². The van der Waals surface area contributed by atoms with Crippen molar-refractivity contribution in [3.8, 4) is 0 Å². The summed E-state index contributed by atoms with van der Waals surface area (Å²) in [5.41, 5.74) is 1.53. The largest absolute Gasteiger partial charge is 0.387 e. The molecule has 1 saturated heterocycles. The molecule has 1 aromatic carbocycles. The van der Waals surface area contributed by atoms with Crippen molar-refractivity contribution in [2.45, 2.75) is 49.3 Å². The first-order valence-corrected chi connectivity index (χ1v) is 13.1. The highest BCUT2D eigenvalue weighted by Crippen LogP contribution is 2.39. The molecule has 3 aromatic heterocycles. The number of anilines is 1. The van der Waals surface area contributed by atoms with Crippen LogP contribution in [0.15, 0.2) is 35.5 Å². The summed E-state index contributed by atoms with van der Waals surface area (Å²) in [7, 11) is -3.76. The van der Waals surface area contributed by atoms with Crippen molar-refractivity contribution in [1.82, 2.24) is 39.7 Å². The molecule has 37 heavy (non-hydrogen) atoms. The van der Waals surface area contributed by atoms with Crippen LogP contribution in [0.5, 0.6) is 0 Å². The highest BCUT2D eigenvalue weighted by atomic mass is 35.5. The Morgan fingerprint density at radius 3 is 2.62 bits per heavy atom. The summed E-state index contributed by atoms with van der Waals surface area (Å²) in [6.07, 6.45) is -2.75. The van der Waals surface area contributed by atoms with E-state index in [0.29, 0.717) is 30.8 Å². The van der Waals surface area contributed by atoms with Gasteiger partial charge in [-0.25, -0.2) is 18.5 Å². The fourth-order valence-corrected chi connectivity index (χ4v) is 4.66. The molecule has 0 amide bonds. The third kappa shape index (κ3) is 4.98. The summed E-state index contributed by atoms with van der Waals surface area (Å²) in [4.78, 5) is 14.2. The molecule has 1 fully saturated rings. The number of aliphatic hydroxyl groups is 2. The van der Waals surface area contributed by atoms with Crippen molar-refractivity contribution < 1.29 is 23.4 Å². The average Bonchev–Trinajstić information content (AvgIpc) is 3.57. The smallest absolute Gasteiger partial charge is 0.238 e. The number of hydrogen-bond acceptors (Lipinski definition) is 12. The maximum Gasteiger partial charge on any atom is 0.238 e. The molecule has 1 aliphatic rings. The second-order valence-corrected chi connectivity index (χ2v) is 10.2. The molecule has 0 aliphatic carbocycles. The molecule has 0 radical (unpaired) electrons. The molecule has 0 saturated carbocycles. The summed E-state index contributed by atoms with van der Waals surface area (Å²) in [5.74, 6) is 0.500. The van der Waals surface area contributed by atoms with Crippen molar-refractivity contribution >= 4 is 38.6 Å². The van der Waals surface area contributed by atoms with Crippen LogP contribution in [0.1, 0.15) is 30.6 Å². The molecule has 17 heteroatoms. The lowest BCUT2D eigenvalue weighted by molar-refractivity contribution is -0.0384. The van der Waals surface area contributed by atoms with E-state index in [9.17, 15) is 18.6 Å². The van der Waals surface area contributed by atoms with Crippen LogP contribution in [0.3, 0.4) is 0 Å². The molecule has 5 N–H and O–H groups in total. The van der Waals surface area contributed by atoms with E-state index in [1.54, 1.807) is 12.1 Å². The lowest BCUT2D eigenvalue weighted by atomic mass is 10.1. The first-order valence-electron chi connectivity index (χ1n) is 11.2. The van der Waals surface area contributed by atoms with Gasteiger partial charge in [0, 0.05) is 6.54 Å². The first-order chi connectivity index (χ1) is 17.7. The number of aromatic nitrogens is 8. The van der Waals surface area contributed by atoms with Crippen molar-refractivity contribution in [1.29, 1.82) is 0 Å². The number of rotatable bonds is 8. The number of hydrogen-bond donors (Lipinski definition) is 4.